The first-order valence-corrected chi connectivity index (χ1v) is 10.8. The molecule has 3 amide bonds. The van der Waals surface area contributed by atoms with Crippen molar-refractivity contribution in [3.05, 3.63) is 54.1 Å². The number of piperidine rings is 1. The van der Waals surface area contributed by atoms with Crippen LogP contribution in [-0.4, -0.2) is 49.4 Å². The molecule has 1 atom stereocenters. The molecule has 1 unspecified atom stereocenters. The van der Waals surface area contributed by atoms with Gasteiger partial charge in [0.05, 0.1) is 18.7 Å². The highest BCUT2D eigenvalue weighted by molar-refractivity contribution is 6.00. The van der Waals surface area contributed by atoms with Gasteiger partial charge in [-0.15, -0.1) is 0 Å². The molecule has 2 aliphatic heterocycles. The molecule has 9 heteroatoms. The lowest BCUT2D eigenvalue weighted by Crippen LogP contribution is -2.44. The third-order valence-corrected chi connectivity index (χ3v) is 6.18. The van der Waals surface area contributed by atoms with E-state index in [9.17, 15) is 23.2 Å². The fraction of sp³-hybridized carbons (Fsp3) is 0.375. The Morgan fingerprint density at radius 3 is 2.36 bits per heavy atom. The first-order valence-electron chi connectivity index (χ1n) is 10.8. The summed E-state index contributed by atoms with van der Waals surface area (Å²) in [4.78, 5) is 41.0. The molecule has 2 aliphatic rings. The minimum absolute atomic E-state index is 0.00875. The second kappa shape index (κ2) is 9.56. The lowest BCUT2D eigenvalue weighted by molar-refractivity contribution is -0.138. The molecule has 2 fully saturated rings. The van der Waals surface area contributed by atoms with E-state index in [0.717, 1.165) is 18.2 Å². The number of carbonyl (C=O) groups excluding carboxylic acids is 3. The van der Waals surface area contributed by atoms with Crippen molar-refractivity contribution in [2.24, 2.45) is 11.8 Å². The monoisotopic (exact) mass is 457 g/mol. The van der Waals surface area contributed by atoms with E-state index >= 15 is 0 Å². The Balaban J connectivity index is 1.33. The maximum Gasteiger partial charge on any atom is 0.228 e. The topological polar surface area (TPSA) is 79.0 Å². The maximum absolute atomic E-state index is 13.5. The summed E-state index contributed by atoms with van der Waals surface area (Å²) in [5.74, 6) is -2.44. The number of amides is 3. The van der Waals surface area contributed by atoms with Crippen molar-refractivity contribution in [2.75, 3.05) is 37.0 Å². The van der Waals surface area contributed by atoms with Crippen molar-refractivity contribution in [3.8, 4) is 5.75 Å². The molecule has 7 nitrogen and oxygen atoms in total. The second-order valence-corrected chi connectivity index (χ2v) is 8.32. The average molecular weight is 457 g/mol. The van der Waals surface area contributed by atoms with Crippen LogP contribution in [0, 0.1) is 23.5 Å². The van der Waals surface area contributed by atoms with Crippen LogP contribution < -0.4 is 15.0 Å². The minimum Gasteiger partial charge on any atom is -0.495 e. The fourth-order valence-electron chi connectivity index (χ4n) is 4.42. The maximum atomic E-state index is 13.5. The number of carbonyl (C=O) groups is 3. The summed E-state index contributed by atoms with van der Waals surface area (Å²) in [6.45, 7) is 0.888. The average Bonchev–Trinajstić information content (AvgIpc) is 3.20. The molecular weight excluding hydrogens is 432 g/mol. The second-order valence-electron chi connectivity index (χ2n) is 8.32. The molecule has 2 aromatic rings. The van der Waals surface area contributed by atoms with Gasteiger partial charge in [0, 0.05) is 43.7 Å². The van der Waals surface area contributed by atoms with Gasteiger partial charge >= 0.3 is 0 Å². The molecule has 2 heterocycles. The number of rotatable bonds is 5. The highest BCUT2D eigenvalue weighted by Gasteiger charge is 2.39. The smallest absolute Gasteiger partial charge is 0.228 e. The van der Waals surface area contributed by atoms with Crippen molar-refractivity contribution >= 4 is 29.1 Å². The number of methoxy groups -OCH3 is 1. The van der Waals surface area contributed by atoms with Crippen molar-refractivity contribution in [1.82, 2.24) is 4.90 Å². The SMILES string of the molecule is COc1ccccc1NC(=O)C1CCN(C(=O)C2CC(=O)N(c3cc(F)cc(F)c3)C2)CC1. The van der Waals surface area contributed by atoms with E-state index in [1.54, 1.807) is 17.0 Å². The van der Waals surface area contributed by atoms with Gasteiger partial charge in [-0.25, -0.2) is 8.78 Å². The molecule has 0 aromatic heterocycles. The summed E-state index contributed by atoms with van der Waals surface area (Å²) in [7, 11) is 1.54. The Labute approximate surface area is 190 Å². The number of anilines is 2. The van der Waals surface area contributed by atoms with Crippen molar-refractivity contribution < 1.29 is 27.9 Å². The normalized spacial score (nSPS) is 19.0. The number of benzene rings is 2. The van der Waals surface area contributed by atoms with Crippen molar-refractivity contribution in [1.29, 1.82) is 0 Å². The van der Waals surface area contributed by atoms with Crippen LogP contribution in [0.25, 0.3) is 0 Å². The van der Waals surface area contributed by atoms with Crippen LogP contribution in [0.1, 0.15) is 19.3 Å². The molecule has 0 radical (unpaired) electrons. The van der Waals surface area contributed by atoms with Crippen LogP contribution >= 0.6 is 0 Å². The number of ether oxygens (including phenoxy) is 1. The molecule has 174 valence electrons. The third kappa shape index (κ3) is 4.97. The quantitative estimate of drug-likeness (QED) is 0.748. The molecule has 1 N–H and O–H groups in total. The first-order chi connectivity index (χ1) is 15.9. The number of nitrogens with one attached hydrogen (secondary N) is 1. The van der Waals surface area contributed by atoms with E-state index < -0.39 is 17.6 Å². The molecule has 2 saturated heterocycles. The molecule has 2 aromatic carbocycles. The van der Waals surface area contributed by atoms with E-state index in [0.29, 0.717) is 37.4 Å². The minimum atomic E-state index is -0.777. The zero-order valence-corrected chi connectivity index (χ0v) is 18.2. The predicted molar refractivity (Wildman–Crippen MR) is 118 cm³/mol. The third-order valence-electron chi connectivity index (χ3n) is 6.18. The number of hydrogen-bond donors (Lipinski definition) is 1. The standard InChI is InChI=1S/C24H25F2N3O4/c1-33-21-5-3-2-4-20(21)27-23(31)15-6-8-28(9-7-15)24(32)16-10-22(30)29(14-16)19-12-17(25)11-18(26)13-19/h2-5,11-13,15-16H,6-10,14H2,1H3,(H,27,31). The summed E-state index contributed by atoms with van der Waals surface area (Å²) in [6.07, 6.45) is 1.00. The van der Waals surface area contributed by atoms with Crippen LogP contribution in [-0.2, 0) is 14.4 Å². The summed E-state index contributed by atoms with van der Waals surface area (Å²) in [6, 6.07) is 10.1. The van der Waals surface area contributed by atoms with E-state index in [1.807, 2.05) is 12.1 Å². The Morgan fingerprint density at radius 2 is 1.70 bits per heavy atom. The van der Waals surface area contributed by atoms with Gasteiger partial charge in [-0.2, -0.15) is 0 Å². The van der Waals surface area contributed by atoms with Gasteiger partial charge in [0.25, 0.3) is 0 Å². The van der Waals surface area contributed by atoms with Gasteiger partial charge in [-0.05, 0) is 37.1 Å². The fourth-order valence-corrected chi connectivity index (χ4v) is 4.42. The highest BCUT2D eigenvalue weighted by Crippen LogP contribution is 2.30. The zero-order chi connectivity index (χ0) is 23.5. The van der Waals surface area contributed by atoms with Crippen LogP contribution in [0.15, 0.2) is 42.5 Å². The Kier molecular flexibility index (Phi) is 6.57. The first kappa shape index (κ1) is 22.7. The molecule has 33 heavy (non-hydrogen) atoms. The summed E-state index contributed by atoms with van der Waals surface area (Å²) in [5, 5.41) is 2.89. The Bertz CT molecular complexity index is 1050. The molecule has 0 saturated carbocycles. The van der Waals surface area contributed by atoms with Gasteiger partial charge in [0.15, 0.2) is 0 Å². The summed E-state index contributed by atoms with van der Waals surface area (Å²) in [5.41, 5.74) is 0.710. The Morgan fingerprint density at radius 1 is 1.03 bits per heavy atom. The largest absolute Gasteiger partial charge is 0.495 e. The van der Waals surface area contributed by atoms with Crippen LogP contribution in [0.2, 0.25) is 0 Å². The van der Waals surface area contributed by atoms with Crippen LogP contribution in [0.3, 0.4) is 0 Å². The van der Waals surface area contributed by atoms with E-state index in [-0.39, 0.29) is 42.3 Å². The molecule has 0 aliphatic carbocycles. The highest BCUT2D eigenvalue weighted by atomic mass is 19.1. The predicted octanol–water partition coefficient (Wildman–Crippen LogP) is 3.20. The van der Waals surface area contributed by atoms with E-state index in [4.69, 9.17) is 4.74 Å². The van der Waals surface area contributed by atoms with Gasteiger partial charge in [0.2, 0.25) is 17.7 Å². The number of hydrogen-bond acceptors (Lipinski definition) is 4. The van der Waals surface area contributed by atoms with Gasteiger partial charge in [-0.1, -0.05) is 12.1 Å². The number of likely N-dealkylation sites (tertiary alicyclic amines) is 1. The van der Waals surface area contributed by atoms with E-state index in [2.05, 4.69) is 5.32 Å². The Hall–Kier alpha value is -3.49. The number of nitrogens with zero attached hydrogens (tertiary/aromatic N) is 2. The summed E-state index contributed by atoms with van der Waals surface area (Å²) >= 11 is 0. The van der Waals surface area contributed by atoms with Crippen molar-refractivity contribution in [3.63, 3.8) is 0 Å². The molecular formula is C24H25F2N3O4. The van der Waals surface area contributed by atoms with Gasteiger partial charge < -0.3 is 19.9 Å². The molecule has 0 bridgehead atoms. The van der Waals surface area contributed by atoms with E-state index in [1.165, 1.54) is 12.0 Å². The van der Waals surface area contributed by atoms with Gasteiger partial charge in [-0.3, -0.25) is 14.4 Å². The molecule has 4 rings (SSSR count). The number of para-hydroxylation sites is 2. The zero-order valence-electron chi connectivity index (χ0n) is 18.2. The number of halogens is 2. The molecule has 0 spiro atoms. The van der Waals surface area contributed by atoms with Crippen LogP contribution in [0.5, 0.6) is 5.75 Å². The van der Waals surface area contributed by atoms with Gasteiger partial charge in [0.1, 0.15) is 17.4 Å². The van der Waals surface area contributed by atoms with Crippen molar-refractivity contribution in [2.45, 2.75) is 19.3 Å². The lowest BCUT2D eigenvalue weighted by Gasteiger charge is -2.33. The van der Waals surface area contributed by atoms with Crippen LogP contribution in [0.4, 0.5) is 20.2 Å². The summed E-state index contributed by atoms with van der Waals surface area (Å²) < 4.78 is 32.3. The lowest BCUT2D eigenvalue weighted by atomic mass is 9.94.